The smallest absolute Gasteiger partial charge is 0.244 e. The van der Waals surface area contributed by atoms with E-state index in [0.29, 0.717) is 0 Å². The van der Waals surface area contributed by atoms with E-state index in [1.54, 1.807) is 0 Å². The molecule has 1 heterocycles. The second kappa shape index (κ2) is 9.75. The summed E-state index contributed by atoms with van der Waals surface area (Å²) in [4.78, 5) is 27.2. The first-order valence-corrected chi connectivity index (χ1v) is 11.5. The van der Waals surface area contributed by atoms with Gasteiger partial charge in [-0.25, -0.2) is 0 Å². The van der Waals surface area contributed by atoms with Crippen molar-refractivity contribution in [2.75, 3.05) is 0 Å². The highest BCUT2D eigenvalue weighted by Crippen LogP contribution is 2.33. The van der Waals surface area contributed by atoms with Crippen molar-refractivity contribution in [1.29, 1.82) is 0 Å². The molecule has 2 amide bonds. The van der Waals surface area contributed by atoms with E-state index in [1.165, 1.54) is 0 Å². The first-order valence-electron chi connectivity index (χ1n) is 11.5. The Hall–Kier alpha value is -4.18. The molecule has 4 aromatic rings. The second-order valence-corrected chi connectivity index (χ2v) is 8.57. The summed E-state index contributed by atoms with van der Waals surface area (Å²) in [6.07, 6.45) is 0. The predicted octanol–water partition coefficient (Wildman–Crippen LogP) is 4.63. The summed E-state index contributed by atoms with van der Waals surface area (Å²) in [7, 11) is 0. The zero-order valence-corrected chi connectivity index (χ0v) is 18.7. The minimum atomic E-state index is -0.708. The van der Waals surface area contributed by atoms with Gasteiger partial charge in [0.1, 0.15) is 12.1 Å². The molecule has 0 aliphatic carbocycles. The third-order valence-electron chi connectivity index (χ3n) is 6.46. The third kappa shape index (κ3) is 4.35. The Balaban J connectivity index is 1.50. The average Bonchev–Trinajstić information content (AvgIpc) is 2.90. The maximum atomic E-state index is 13.6. The van der Waals surface area contributed by atoms with Crippen molar-refractivity contribution in [3.63, 3.8) is 0 Å². The highest BCUT2D eigenvalue weighted by atomic mass is 16.2. The lowest BCUT2D eigenvalue weighted by Crippen LogP contribution is -2.64. The van der Waals surface area contributed by atoms with Crippen LogP contribution in [-0.2, 0) is 9.59 Å². The van der Waals surface area contributed by atoms with Crippen LogP contribution in [0.1, 0.15) is 34.1 Å². The van der Waals surface area contributed by atoms with Crippen molar-refractivity contribution in [3.8, 4) is 0 Å². The Kier molecular flexibility index (Phi) is 6.21. The summed E-state index contributed by atoms with van der Waals surface area (Å²) in [6, 6.07) is 38.0. The van der Waals surface area contributed by atoms with E-state index in [2.05, 4.69) is 10.6 Å². The molecule has 1 fully saturated rings. The van der Waals surface area contributed by atoms with E-state index in [4.69, 9.17) is 0 Å². The standard InChI is InChI=1S/C30H26N2O2/c33-29-27(25(21-13-5-1-6-14-21)22-15-7-2-8-16-22)31-30(34)28(32-29)26(23-17-9-3-10-18-23)24-19-11-4-12-20-24/h1-20,25-28H,(H,31,34)(H,32,33)/t27-,28-/m0/s1. The SMILES string of the molecule is O=C1N[C@@H](C(c2ccccc2)c2ccccc2)C(=O)N[C@H]1C(c1ccccc1)c1ccccc1. The van der Waals surface area contributed by atoms with Gasteiger partial charge in [0.2, 0.25) is 11.8 Å². The van der Waals surface area contributed by atoms with Crippen LogP contribution in [0.2, 0.25) is 0 Å². The molecule has 4 nitrogen and oxygen atoms in total. The summed E-state index contributed by atoms with van der Waals surface area (Å²) < 4.78 is 0. The van der Waals surface area contributed by atoms with Crippen molar-refractivity contribution in [3.05, 3.63) is 144 Å². The minimum Gasteiger partial charge on any atom is -0.342 e. The molecule has 34 heavy (non-hydrogen) atoms. The van der Waals surface area contributed by atoms with Gasteiger partial charge in [-0.1, -0.05) is 121 Å². The minimum absolute atomic E-state index is 0.181. The van der Waals surface area contributed by atoms with Crippen LogP contribution in [0, 0.1) is 0 Å². The number of hydrogen-bond donors (Lipinski definition) is 2. The molecule has 1 saturated heterocycles. The van der Waals surface area contributed by atoms with Crippen LogP contribution >= 0.6 is 0 Å². The molecule has 0 radical (unpaired) electrons. The maximum Gasteiger partial charge on any atom is 0.244 e. The molecule has 4 heteroatoms. The molecule has 0 spiro atoms. The number of carbonyl (C=O) groups excluding carboxylic acids is 2. The number of carbonyl (C=O) groups is 2. The Bertz CT molecular complexity index is 1060. The van der Waals surface area contributed by atoms with Gasteiger partial charge in [-0.15, -0.1) is 0 Å². The highest BCUT2D eigenvalue weighted by Gasteiger charge is 2.43. The quantitative estimate of drug-likeness (QED) is 0.454. The average molecular weight is 447 g/mol. The molecule has 0 bridgehead atoms. The van der Waals surface area contributed by atoms with E-state index in [1.807, 2.05) is 121 Å². The number of rotatable bonds is 6. The predicted molar refractivity (Wildman–Crippen MR) is 133 cm³/mol. The monoisotopic (exact) mass is 446 g/mol. The molecule has 5 rings (SSSR count). The van der Waals surface area contributed by atoms with Gasteiger partial charge in [0.15, 0.2) is 0 Å². The summed E-state index contributed by atoms with van der Waals surface area (Å²) in [5.74, 6) is -0.947. The number of benzene rings is 4. The fraction of sp³-hybridized carbons (Fsp3) is 0.133. The fourth-order valence-corrected chi connectivity index (χ4v) is 4.88. The normalized spacial score (nSPS) is 17.9. The van der Waals surface area contributed by atoms with Gasteiger partial charge in [0.05, 0.1) is 0 Å². The van der Waals surface area contributed by atoms with E-state index in [9.17, 15) is 9.59 Å². The second-order valence-electron chi connectivity index (χ2n) is 8.57. The first kappa shape index (κ1) is 21.7. The summed E-state index contributed by atoms with van der Waals surface area (Å²) in [5, 5.41) is 6.16. The van der Waals surface area contributed by atoms with Gasteiger partial charge >= 0.3 is 0 Å². The first-order chi connectivity index (χ1) is 16.7. The van der Waals surface area contributed by atoms with Gasteiger partial charge in [-0.3, -0.25) is 9.59 Å². The molecule has 2 N–H and O–H groups in total. The Morgan fingerprint density at radius 3 is 0.882 bits per heavy atom. The lowest BCUT2D eigenvalue weighted by atomic mass is 9.80. The number of piperazine rings is 1. The van der Waals surface area contributed by atoms with Crippen LogP contribution < -0.4 is 10.6 Å². The van der Waals surface area contributed by atoms with Crippen molar-refractivity contribution in [1.82, 2.24) is 10.6 Å². The van der Waals surface area contributed by atoms with E-state index in [0.717, 1.165) is 22.3 Å². The number of hydrogen-bond acceptors (Lipinski definition) is 2. The highest BCUT2D eigenvalue weighted by molar-refractivity contribution is 5.98. The van der Waals surface area contributed by atoms with Crippen LogP contribution in [0.15, 0.2) is 121 Å². The summed E-state index contributed by atoms with van der Waals surface area (Å²) in [6.45, 7) is 0. The van der Waals surface area contributed by atoms with Crippen molar-refractivity contribution < 1.29 is 9.59 Å². The molecule has 2 atom stereocenters. The van der Waals surface area contributed by atoms with Crippen LogP contribution in [0.5, 0.6) is 0 Å². The Morgan fingerprint density at radius 2 is 0.647 bits per heavy atom. The van der Waals surface area contributed by atoms with E-state index < -0.39 is 12.1 Å². The lowest BCUT2D eigenvalue weighted by Gasteiger charge is -2.38. The third-order valence-corrected chi connectivity index (χ3v) is 6.46. The largest absolute Gasteiger partial charge is 0.342 e. The summed E-state index contributed by atoms with van der Waals surface area (Å²) >= 11 is 0. The Labute approximate surface area is 199 Å². The maximum absolute atomic E-state index is 13.6. The molecule has 0 aromatic heterocycles. The molecule has 1 aliphatic rings. The summed E-state index contributed by atoms with van der Waals surface area (Å²) in [5.41, 5.74) is 3.93. The topological polar surface area (TPSA) is 58.2 Å². The van der Waals surface area contributed by atoms with Crippen LogP contribution in [0.3, 0.4) is 0 Å². The molecule has 168 valence electrons. The van der Waals surface area contributed by atoms with Gasteiger partial charge in [-0.2, -0.15) is 0 Å². The molecule has 0 saturated carbocycles. The van der Waals surface area contributed by atoms with Crippen LogP contribution in [0.4, 0.5) is 0 Å². The molecule has 1 aliphatic heterocycles. The van der Waals surface area contributed by atoms with Gasteiger partial charge < -0.3 is 10.6 Å². The molecule has 0 unspecified atom stereocenters. The van der Waals surface area contributed by atoms with E-state index >= 15 is 0 Å². The van der Waals surface area contributed by atoms with Crippen molar-refractivity contribution in [2.45, 2.75) is 23.9 Å². The zero-order chi connectivity index (χ0) is 23.3. The van der Waals surface area contributed by atoms with Crippen molar-refractivity contribution in [2.24, 2.45) is 0 Å². The van der Waals surface area contributed by atoms with Gasteiger partial charge in [0, 0.05) is 11.8 Å². The molecular weight excluding hydrogens is 420 g/mol. The Morgan fingerprint density at radius 1 is 0.412 bits per heavy atom. The molecular formula is C30H26N2O2. The zero-order valence-electron chi connectivity index (χ0n) is 18.7. The van der Waals surface area contributed by atoms with Crippen LogP contribution in [-0.4, -0.2) is 23.9 Å². The fourth-order valence-electron chi connectivity index (χ4n) is 4.88. The van der Waals surface area contributed by atoms with Crippen molar-refractivity contribution >= 4 is 11.8 Å². The van der Waals surface area contributed by atoms with Crippen LogP contribution in [0.25, 0.3) is 0 Å². The van der Waals surface area contributed by atoms with Gasteiger partial charge in [-0.05, 0) is 22.3 Å². The molecule has 4 aromatic carbocycles. The number of nitrogens with one attached hydrogen (secondary N) is 2. The number of amides is 2. The van der Waals surface area contributed by atoms with E-state index in [-0.39, 0.29) is 23.7 Å². The van der Waals surface area contributed by atoms with Gasteiger partial charge in [0.25, 0.3) is 0 Å². The lowest BCUT2D eigenvalue weighted by molar-refractivity contribution is -0.137.